The minimum Gasteiger partial charge on any atom is -0.275 e. The number of nitrogens with zero attached hydrogens (tertiary/aromatic N) is 3. The molecule has 0 aromatic carbocycles. The van der Waals surface area contributed by atoms with Crippen LogP contribution in [0.5, 0.6) is 0 Å². The second-order valence-electron chi connectivity index (χ2n) is 4.98. The zero-order valence-electron chi connectivity index (χ0n) is 12.3. The van der Waals surface area contributed by atoms with Crippen LogP contribution in [-0.4, -0.2) is 28.9 Å². The zero-order valence-corrected chi connectivity index (χ0v) is 13.1. The van der Waals surface area contributed by atoms with E-state index in [1.807, 2.05) is 26.2 Å². The van der Waals surface area contributed by atoms with Gasteiger partial charge in [-0.1, -0.05) is 13.3 Å². The Kier molecular flexibility index (Phi) is 5.08. The fourth-order valence-corrected chi connectivity index (χ4v) is 3.11. The number of aryl methyl sites for hydroxylation is 1. The van der Waals surface area contributed by atoms with Crippen molar-refractivity contribution in [1.82, 2.24) is 19.5 Å². The summed E-state index contributed by atoms with van der Waals surface area (Å²) in [5.41, 5.74) is 2.71. The van der Waals surface area contributed by atoms with Crippen LogP contribution in [0.3, 0.4) is 0 Å². The van der Waals surface area contributed by atoms with Gasteiger partial charge in [0.2, 0.25) is 10.0 Å². The van der Waals surface area contributed by atoms with E-state index in [4.69, 9.17) is 0 Å². The van der Waals surface area contributed by atoms with Crippen molar-refractivity contribution in [3.05, 3.63) is 36.4 Å². The van der Waals surface area contributed by atoms with Gasteiger partial charge in [0.05, 0.1) is 11.9 Å². The molecule has 0 saturated carbocycles. The third-order valence-corrected chi connectivity index (χ3v) is 4.51. The summed E-state index contributed by atoms with van der Waals surface area (Å²) < 4.78 is 27.9. The molecule has 7 heteroatoms. The molecule has 0 unspecified atom stereocenters. The number of hydrogen-bond donors (Lipinski definition) is 1. The average molecular weight is 308 g/mol. The minimum atomic E-state index is -3.21. The lowest BCUT2D eigenvalue weighted by Gasteiger charge is -2.07. The van der Waals surface area contributed by atoms with Crippen molar-refractivity contribution in [3.63, 3.8) is 0 Å². The van der Waals surface area contributed by atoms with Gasteiger partial charge in [0.1, 0.15) is 0 Å². The highest BCUT2D eigenvalue weighted by Crippen LogP contribution is 2.18. The summed E-state index contributed by atoms with van der Waals surface area (Å²) in [5, 5.41) is 4.12. The van der Waals surface area contributed by atoms with Crippen LogP contribution < -0.4 is 4.72 Å². The first kappa shape index (κ1) is 15.7. The van der Waals surface area contributed by atoms with E-state index >= 15 is 0 Å². The Labute approximate surface area is 125 Å². The number of unbranched alkanes of at least 4 members (excludes halogenated alkanes) is 1. The fraction of sp³-hybridized carbons (Fsp3) is 0.429. The smallest absolute Gasteiger partial charge is 0.211 e. The third kappa shape index (κ3) is 4.64. The van der Waals surface area contributed by atoms with Crippen LogP contribution in [0.25, 0.3) is 11.1 Å². The molecule has 0 aliphatic rings. The van der Waals surface area contributed by atoms with Crippen molar-refractivity contribution in [2.45, 2.75) is 26.3 Å². The van der Waals surface area contributed by atoms with Gasteiger partial charge < -0.3 is 0 Å². The molecule has 0 radical (unpaired) electrons. The lowest BCUT2D eigenvalue weighted by Crippen LogP contribution is -2.25. The second-order valence-corrected chi connectivity index (χ2v) is 6.90. The summed E-state index contributed by atoms with van der Waals surface area (Å²) in [6, 6.07) is 1.92. The predicted molar refractivity (Wildman–Crippen MR) is 82.0 cm³/mol. The molecule has 0 spiro atoms. The van der Waals surface area contributed by atoms with Crippen LogP contribution in [0.2, 0.25) is 0 Å². The maximum absolute atomic E-state index is 11.8. The number of aromatic nitrogens is 3. The standard InChI is InChI=1S/C14H20N4O2S/c1-3-4-5-21(19,20)17-8-12-6-13(9-15-7-12)14-10-16-18(2)11-14/h6-7,9-11,17H,3-5,8H2,1-2H3. The van der Waals surface area contributed by atoms with E-state index in [1.54, 1.807) is 23.3 Å². The molecule has 0 aliphatic heterocycles. The molecule has 0 aliphatic carbocycles. The summed E-state index contributed by atoms with van der Waals surface area (Å²) in [7, 11) is -1.36. The van der Waals surface area contributed by atoms with Gasteiger partial charge in [-0.25, -0.2) is 13.1 Å². The monoisotopic (exact) mass is 308 g/mol. The van der Waals surface area contributed by atoms with Crippen LogP contribution in [0.4, 0.5) is 0 Å². The third-order valence-electron chi connectivity index (χ3n) is 3.10. The van der Waals surface area contributed by atoms with Crippen molar-refractivity contribution in [3.8, 4) is 11.1 Å². The Bertz CT molecular complexity index is 695. The van der Waals surface area contributed by atoms with E-state index in [1.165, 1.54) is 0 Å². The first-order valence-electron chi connectivity index (χ1n) is 6.90. The Morgan fingerprint density at radius 2 is 2.05 bits per heavy atom. The molecule has 114 valence electrons. The molecule has 0 fully saturated rings. The molecule has 2 rings (SSSR count). The zero-order chi connectivity index (χ0) is 15.3. The summed E-state index contributed by atoms with van der Waals surface area (Å²) in [6.07, 6.45) is 8.59. The van der Waals surface area contributed by atoms with Crippen LogP contribution in [-0.2, 0) is 23.6 Å². The van der Waals surface area contributed by atoms with Gasteiger partial charge in [0, 0.05) is 43.3 Å². The molecule has 2 heterocycles. The first-order valence-corrected chi connectivity index (χ1v) is 8.55. The Hall–Kier alpha value is -1.73. The van der Waals surface area contributed by atoms with E-state index in [0.717, 1.165) is 23.1 Å². The Morgan fingerprint density at radius 3 is 2.71 bits per heavy atom. The quantitative estimate of drug-likeness (QED) is 0.844. The van der Waals surface area contributed by atoms with Gasteiger partial charge in [0.15, 0.2) is 0 Å². The number of nitrogens with one attached hydrogen (secondary N) is 1. The normalized spacial score (nSPS) is 11.7. The highest BCUT2D eigenvalue weighted by molar-refractivity contribution is 7.89. The summed E-state index contributed by atoms with van der Waals surface area (Å²) in [6.45, 7) is 2.23. The van der Waals surface area contributed by atoms with Gasteiger partial charge in [-0.3, -0.25) is 9.67 Å². The van der Waals surface area contributed by atoms with Gasteiger partial charge in [-0.05, 0) is 18.1 Å². The summed E-state index contributed by atoms with van der Waals surface area (Å²) in [5.74, 6) is 0.166. The van der Waals surface area contributed by atoms with Gasteiger partial charge >= 0.3 is 0 Å². The molecule has 2 aromatic heterocycles. The highest BCUT2D eigenvalue weighted by Gasteiger charge is 2.09. The molecule has 0 atom stereocenters. The molecule has 1 N–H and O–H groups in total. The van der Waals surface area contributed by atoms with E-state index < -0.39 is 10.0 Å². The lowest BCUT2D eigenvalue weighted by molar-refractivity contribution is 0.578. The molecule has 2 aromatic rings. The van der Waals surface area contributed by atoms with Crippen LogP contribution in [0.1, 0.15) is 25.3 Å². The molecule has 0 bridgehead atoms. The summed E-state index contributed by atoms with van der Waals surface area (Å²) >= 11 is 0. The Morgan fingerprint density at radius 1 is 1.24 bits per heavy atom. The van der Waals surface area contributed by atoms with Crippen LogP contribution >= 0.6 is 0 Å². The topological polar surface area (TPSA) is 76.9 Å². The van der Waals surface area contributed by atoms with Crippen LogP contribution in [0, 0.1) is 0 Å². The van der Waals surface area contributed by atoms with Gasteiger partial charge in [-0.15, -0.1) is 0 Å². The number of hydrogen-bond acceptors (Lipinski definition) is 4. The molecule has 6 nitrogen and oxygen atoms in total. The first-order chi connectivity index (χ1) is 10.00. The number of sulfonamides is 1. The Balaban J connectivity index is 2.05. The van der Waals surface area contributed by atoms with Gasteiger partial charge in [0.25, 0.3) is 0 Å². The fourth-order valence-electron chi connectivity index (χ4n) is 1.91. The van der Waals surface area contributed by atoms with Crippen molar-refractivity contribution < 1.29 is 8.42 Å². The SMILES string of the molecule is CCCCS(=O)(=O)NCc1cncc(-c2cnn(C)c2)c1. The number of rotatable bonds is 7. The van der Waals surface area contributed by atoms with Crippen molar-refractivity contribution in [2.75, 3.05) is 5.75 Å². The largest absolute Gasteiger partial charge is 0.275 e. The maximum Gasteiger partial charge on any atom is 0.211 e. The van der Waals surface area contributed by atoms with Crippen molar-refractivity contribution >= 4 is 10.0 Å². The average Bonchev–Trinajstić information content (AvgIpc) is 2.90. The van der Waals surface area contributed by atoms with E-state index in [-0.39, 0.29) is 12.3 Å². The minimum absolute atomic E-state index is 0.166. The predicted octanol–water partition coefficient (Wildman–Crippen LogP) is 1.70. The molecule has 21 heavy (non-hydrogen) atoms. The van der Waals surface area contributed by atoms with E-state index in [9.17, 15) is 8.42 Å². The molecule has 0 saturated heterocycles. The van der Waals surface area contributed by atoms with Crippen molar-refractivity contribution in [1.29, 1.82) is 0 Å². The second kappa shape index (κ2) is 6.82. The lowest BCUT2D eigenvalue weighted by atomic mass is 10.1. The highest BCUT2D eigenvalue weighted by atomic mass is 32.2. The van der Waals surface area contributed by atoms with E-state index in [0.29, 0.717) is 6.42 Å². The molecule has 0 amide bonds. The molecular weight excluding hydrogens is 288 g/mol. The van der Waals surface area contributed by atoms with E-state index in [2.05, 4.69) is 14.8 Å². The van der Waals surface area contributed by atoms with Crippen LogP contribution in [0.15, 0.2) is 30.9 Å². The maximum atomic E-state index is 11.8. The summed E-state index contributed by atoms with van der Waals surface area (Å²) in [4.78, 5) is 4.16. The van der Waals surface area contributed by atoms with Gasteiger partial charge in [-0.2, -0.15) is 5.10 Å². The van der Waals surface area contributed by atoms with Crippen molar-refractivity contribution in [2.24, 2.45) is 7.05 Å². The molecular formula is C14H20N4O2S. The number of pyridine rings is 1.